The standard InChI is InChI=1S/C14H17NO4S/c1-19-13(16)10-3-4-12-11(7-10)15-8-14(5-2-6-14)9-20(12,17)18/h3-4,7,15H,2,5-6,8-9H2,1H3. The van der Waals surface area contributed by atoms with Gasteiger partial charge < -0.3 is 10.1 Å². The highest BCUT2D eigenvalue weighted by Gasteiger charge is 2.43. The molecule has 0 unspecified atom stereocenters. The average molecular weight is 295 g/mol. The number of methoxy groups -OCH3 is 1. The van der Waals surface area contributed by atoms with Crippen molar-refractivity contribution >= 4 is 21.5 Å². The van der Waals surface area contributed by atoms with Crippen LogP contribution in [0.15, 0.2) is 23.1 Å². The molecule has 2 aliphatic rings. The van der Waals surface area contributed by atoms with E-state index in [1.807, 2.05) is 0 Å². The van der Waals surface area contributed by atoms with Crippen LogP contribution in [0.5, 0.6) is 0 Å². The van der Waals surface area contributed by atoms with Gasteiger partial charge in [-0.25, -0.2) is 13.2 Å². The monoisotopic (exact) mass is 295 g/mol. The van der Waals surface area contributed by atoms with E-state index in [-0.39, 0.29) is 16.1 Å². The molecule has 1 saturated carbocycles. The first-order chi connectivity index (χ1) is 9.46. The number of sulfone groups is 1. The first-order valence-electron chi connectivity index (χ1n) is 6.65. The van der Waals surface area contributed by atoms with Gasteiger partial charge in [0.15, 0.2) is 9.84 Å². The van der Waals surface area contributed by atoms with Crippen molar-refractivity contribution in [2.45, 2.75) is 24.2 Å². The number of fused-ring (bicyclic) bond motifs is 1. The van der Waals surface area contributed by atoms with Gasteiger partial charge in [-0.3, -0.25) is 0 Å². The largest absolute Gasteiger partial charge is 0.465 e. The Hall–Kier alpha value is -1.56. The number of hydrogen-bond donors (Lipinski definition) is 1. The van der Waals surface area contributed by atoms with Gasteiger partial charge in [0, 0.05) is 12.0 Å². The van der Waals surface area contributed by atoms with E-state index in [1.54, 1.807) is 6.07 Å². The summed E-state index contributed by atoms with van der Waals surface area (Å²) in [6, 6.07) is 4.57. The Balaban J connectivity index is 2.04. The van der Waals surface area contributed by atoms with Gasteiger partial charge in [-0.05, 0) is 31.0 Å². The topological polar surface area (TPSA) is 72.5 Å². The van der Waals surface area contributed by atoms with E-state index in [0.29, 0.717) is 17.8 Å². The molecule has 0 saturated heterocycles. The molecule has 20 heavy (non-hydrogen) atoms. The van der Waals surface area contributed by atoms with Crippen molar-refractivity contribution in [3.8, 4) is 0 Å². The summed E-state index contributed by atoms with van der Waals surface area (Å²) in [7, 11) is -2.00. The lowest BCUT2D eigenvalue weighted by atomic mass is 9.70. The normalized spacial score (nSPS) is 22.1. The van der Waals surface area contributed by atoms with Gasteiger partial charge in [0.1, 0.15) is 0 Å². The van der Waals surface area contributed by atoms with Crippen LogP contribution in [0.2, 0.25) is 0 Å². The fourth-order valence-electron chi connectivity index (χ4n) is 3.00. The number of anilines is 1. The SMILES string of the molecule is COC(=O)c1ccc2c(c1)NCC1(CCC1)CS2(=O)=O. The molecule has 1 aromatic rings. The maximum Gasteiger partial charge on any atom is 0.337 e. The van der Waals surface area contributed by atoms with Crippen LogP contribution in [0.1, 0.15) is 29.6 Å². The molecule has 1 fully saturated rings. The van der Waals surface area contributed by atoms with Crippen molar-refractivity contribution in [1.82, 2.24) is 0 Å². The second-order valence-electron chi connectivity index (χ2n) is 5.67. The summed E-state index contributed by atoms with van der Waals surface area (Å²) in [6.07, 6.45) is 2.97. The third-order valence-corrected chi connectivity index (χ3v) is 6.32. The summed E-state index contributed by atoms with van der Waals surface area (Å²) < 4.78 is 29.7. The lowest BCUT2D eigenvalue weighted by Gasteiger charge is -2.40. The van der Waals surface area contributed by atoms with Crippen LogP contribution in [-0.4, -0.2) is 33.8 Å². The quantitative estimate of drug-likeness (QED) is 0.800. The third-order valence-electron chi connectivity index (χ3n) is 4.30. The smallest absolute Gasteiger partial charge is 0.337 e. The Labute approximate surface area is 118 Å². The van der Waals surface area contributed by atoms with Crippen LogP contribution in [-0.2, 0) is 14.6 Å². The molecule has 0 aromatic heterocycles. The second-order valence-corrected chi connectivity index (χ2v) is 7.63. The highest BCUT2D eigenvalue weighted by Crippen LogP contribution is 2.45. The van der Waals surface area contributed by atoms with E-state index >= 15 is 0 Å². The molecule has 1 spiro atoms. The summed E-state index contributed by atoms with van der Waals surface area (Å²) in [6.45, 7) is 0.643. The number of ether oxygens (including phenoxy) is 1. The minimum atomic E-state index is -3.31. The lowest BCUT2D eigenvalue weighted by Crippen LogP contribution is -2.40. The molecular weight excluding hydrogens is 278 g/mol. The van der Waals surface area contributed by atoms with Gasteiger partial charge in [-0.15, -0.1) is 0 Å². The van der Waals surface area contributed by atoms with Gasteiger partial charge in [-0.2, -0.15) is 0 Å². The molecule has 5 nitrogen and oxygen atoms in total. The number of nitrogens with one attached hydrogen (secondary N) is 1. The fourth-order valence-corrected chi connectivity index (χ4v) is 5.09. The first kappa shape index (κ1) is 13.4. The Morgan fingerprint density at radius 1 is 1.35 bits per heavy atom. The Morgan fingerprint density at radius 2 is 2.10 bits per heavy atom. The van der Waals surface area contributed by atoms with Crippen molar-refractivity contribution in [1.29, 1.82) is 0 Å². The van der Waals surface area contributed by atoms with Crippen LogP contribution < -0.4 is 5.32 Å². The number of hydrogen-bond acceptors (Lipinski definition) is 5. The molecular formula is C14H17NO4S. The highest BCUT2D eigenvalue weighted by atomic mass is 32.2. The van der Waals surface area contributed by atoms with Gasteiger partial charge in [0.05, 0.1) is 29.0 Å². The number of benzene rings is 1. The van der Waals surface area contributed by atoms with Crippen LogP contribution in [0.25, 0.3) is 0 Å². The van der Waals surface area contributed by atoms with E-state index in [4.69, 9.17) is 0 Å². The van der Waals surface area contributed by atoms with Crippen LogP contribution >= 0.6 is 0 Å². The predicted octanol–water partition coefficient (Wildman–Crippen LogP) is 1.84. The summed E-state index contributed by atoms with van der Waals surface area (Å²) in [5.74, 6) is -0.271. The Bertz CT molecular complexity index is 662. The highest BCUT2D eigenvalue weighted by molar-refractivity contribution is 7.91. The van der Waals surface area contributed by atoms with Crippen molar-refractivity contribution in [2.24, 2.45) is 5.41 Å². The van der Waals surface area contributed by atoms with Gasteiger partial charge in [0.2, 0.25) is 0 Å². The zero-order chi connectivity index (χ0) is 14.4. The molecule has 1 aliphatic carbocycles. The molecule has 1 aliphatic heterocycles. The number of carbonyl (C=O) groups is 1. The molecule has 0 atom stereocenters. The second kappa shape index (κ2) is 4.48. The minimum absolute atomic E-state index is 0.136. The summed E-state index contributed by atoms with van der Waals surface area (Å²) in [5, 5.41) is 3.21. The molecule has 1 heterocycles. The lowest BCUT2D eigenvalue weighted by molar-refractivity contribution is 0.0600. The number of carbonyl (C=O) groups excluding carboxylic acids is 1. The van der Waals surface area contributed by atoms with E-state index in [2.05, 4.69) is 10.1 Å². The maximum atomic E-state index is 12.5. The molecule has 6 heteroatoms. The number of esters is 1. The van der Waals surface area contributed by atoms with Gasteiger partial charge in [0.25, 0.3) is 0 Å². The third kappa shape index (κ3) is 2.08. The van der Waals surface area contributed by atoms with E-state index in [1.165, 1.54) is 19.2 Å². The Morgan fingerprint density at radius 3 is 2.70 bits per heavy atom. The molecule has 0 bridgehead atoms. The van der Waals surface area contributed by atoms with Crippen molar-refractivity contribution in [3.63, 3.8) is 0 Å². The van der Waals surface area contributed by atoms with Crippen molar-refractivity contribution in [2.75, 3.05) is 24.7 Å². The summed E-state index contributed by atoms with van der Waals surface area (Å²) >= 11 is 0. The van der Waals surface area contributed by atoms with E-state index in [0.717, 1.165) is 19.3 Å². The predicted molar refractivity (Wildman–Crippen MR) is 74.6 cm³/mol. The number of rotatable bonds is 1. The summed E-state index contributed by atoms with van der Waals surface area (Å²) in [5.41, 5.74) is 0.735. The first-order valence-corrected chi connectivity index (χ1v) is 8.30. The molecule has 1 aromatic carbocycles. The molecule has 0 radical (unpaired) electrons. The zero-order valence-corrected chi connectivity index (χ0v) is 12.1. The molecule has 1 N–H and O–H groups in total. The molecule has 3 rings (SSSR count). The zero-order valence-electron chi connectivity index (χ0n) is 11.3. The average Bonchev–Trinajstić information content (AvgIpc) is 2.51. The van der Waals surface area contributed by atoms with Gasteiger partial charge in [-0.1, -0.05) is 6.42 Å². The minimum Gasteiger partial charge on any atom is -0.465 e. The Kier molecular flexibility index (Phi) is 3.01. The van der Waals surface area contributed by atoms with Crippen molar-refractivity contribution < 1.29 is 17.9 Å². The van der Waals surface area contributed by atoms with Crippen LogP contribution in [0, 0.1) is 5.41 Å². The summed E-state index contributed by atoms with van der Waals surface area (Å²) in [4.78, 5) is 11.8. The van der Waals surface area contributed by atoms with Crippen LogP contribution in [0.4, 0.5) is 5.69 Å². The van der Waals surface area contributed by atoms with Crippen molar-refractivity contribution in [3.05, 3.63) is 23.8 Å². The maximum absolute atomic E-state index is 12.5. The van der Waals surface area contributed by atoms with Crippen LogP contribution in [0.3, 0.4) is 0 Å². The van der Waals surface area contributed by atoms with E-state index < -0.39 is 15.8 Å². The van der Waals surface area contributed by atoms with E-state index in [9.17, 15) is 13.2 Å². The molecule has 0 amide bonds. The molecule has 108 valence electrons. The van der Waals surface area contributed by atoms with Gasteiger partial charge >= 0.3 is 5.97 Å². The fraction of sp³-hybridized carbons (Fsp3) is 0.500.